The summed E-state index contributed by atoms with van der Waals surface area (Å²) in [5.74, 6) is -3.35. The Morgan fingerprint density at radius 3 is 2.44 bits per heavy atom. The van der Waals surface area contributed by atoms with E-state index in [-0.39, 0.29) is 29.3 Å². The average molecular weight is 512 g/mol. The molecule has 36 heavy (non-hydrogen) atoms. The highest BCUT2D eigenvalue weighted by molar-refractivity contribution is 5.92. The number of carbonyl (C=O) groups excluding carboxylic acids is 2. The number of benzene rings is 2. The van der Waals surface area contributed by atoms with Crippen LogP contribution in [0.5, 0.6) is 5.88 Å². The highest BCUT2D eigenvalue weighted by atomic mass is 19.4. The van der Waals surface area contributed by atoms with Gasteiger partial charge in [0.25, 0.3) is 5.88 Å². The summed E-state index contributed by atoms with van der Waals surface area (Å²) in [6.07, 6.45) is -4.98. The average Bonchev–Trinajstić information content (AvgIpc) is 3.30. The first-order valence-corrected chi connectivity index (χ1v) is 10.5. The molecule has 0 bridgehead atoms. The predicted octanol–water partition coefficient (Wildman–Crippen LogP) is 5.08. The molecule has 0 saturated carbocycles. The Kier molecular flexibility index (Phi) is 7.80. The molecule has 0 radical (unpaired) electrons. The van der Waals surface area contributed by atoms with Crippen LogP contribution in [0.3, 0.4) is 0 Å². The fourth-order valence-corrected chi connectivity index (χ4v) is 3.35. The molecule has 8 nitrogen and oxygen atoms in total. The molecule has 3 amide bonds. The summed E-state index contributed by atoms with van der Waals surface area (Å²) in [7, 11) is 1.33. The zero-order chi connectivity index (χ0) is 26.6. The summed E-state index contributed by atoms with van der Waals surface area (Å²) in [6, 6.07) is 5.50. The highest BCUT2D eigenvalue weighted by Crippen LogP contribution is 2.39. The number of methoxy groups -OCH3 is 1. The third-order valence-electron chi connectivity index (χ3n) is 5.13. The number of hydrazine groups is 1. The van der Waals surface area contributed by atoms with Crippen molar-refractivity contribution in [2.75, 3.05) is 13.7 Å². The molecule has 1 heterocycles. The molecular formula is C23H21F5N4O4. The van der Waals surface area contributed by atoms with Crippen molar-refractivity contribution >= 4 is 11.9 Å². The normalized spacial score (nSPS) is 12.1. The zero-order valence-corrected chi connectivity index (χ0v) is 19.2. The van der Waals surface area contributed by atoms with E-state index in [2.05, 4.69) is 15.9 Å². The summed E-state index contributed by atoms with van der Waals surface area (Å²) in [5.41, 5.74) is 0.0521. The fourth-order valence-electron chi connectivity index (χ4n) is 3.35. The van der Waals surface area contributed by atoms with Crippen LogP contribution in [0.4, 0.5) is 26.7 Å². The quantitative estimate of drug-likeness (QED) is 0.355. The number of aromatic nitrogens is 1. The van der Waals surface area contributed by atoms with E-state index in [1.54, 1.807) is 6.92 Å². The first-order chi connectivity index (χ1) is 17.0. The summed E-state index contributed by atoms with van der Waals surface area (Å²) < 4.78 is 78.4. The number of hydrogen-bond donors (Lipinski definition) is 2. The number of amides is 3. The monoisotopic (exact) mass is 512 g/mol. The van der Waals surface area contributed by atoms with Gasteiger partial charge in [-0.1, -0.05) is 24.3 Å². The van der Waals surface area contributed by atoms with Crippen molar-refractivity contribution in [3.8, 4) is 17.0 Å². The van der Waals surface area contributed by atoms with Crippen molar-refractivity contribution in [3.63, 3.8) is 0 Å². The Morgan fingerprint density at radius 2 is 1.86 bits per heavy atom. The summed E-state index contributed by atoms with van der Waals surface area (Å²) >= 11 is 0. The van der Waals surface area contributed by atoms with Crippen LogP contribution in [0.2, 0.25) is 0 Å². The number of nitrogens with zero attached hydrogens (tertiary/aromatic N) is 2. The van der Waals surface area contributed by atoms with E-state index >= 15 is 0 Å². The molecule has 0 saturated heterocycles. The summed E-state index contributed by atoms with van der Waals surface area (Å²) in [6.45, 7) is 3.03. The van der Waals surface area contributed by atoms with E-state index in [1.807, 2.05) is 0 Å². The molecular weight excluding hydrogens is 491 g/mol. The van der Waals surface area contributed by atoms with Crippen molar-refractivity contribution in [1.29, 1.82) is 0 Å². The van der Waals surface area contributed by atoms with Gasteiger partial charge < -0.3 is 14.6 Å². The smallest absolute Gasteiger partial charge is 0.419 e. The molecule has 0 spiro atoms. The van der Waals surface area contributed by atoms with Gasteiger partial charge >= 0.3 is 18.1 Å². The van der Waals surface area contributed by atoms with Crippen LogP contribution < -0.4 is 15.5 Å². The lowest BCUT2D eigenvalue weighted by molar-refractivity contribution is -0.139. The zero-order valence-electron chi connectivity index (χ0n) is 19.2. The van der Waals surface area contributed by atoms with E-state index < -0.39 is 46.9 Å². The lowest BCUT2D eigenvalue weighted by atomic mass is 9.96. The van der Waals surface area contributed by atoms with Gasteiger partial charge in [-0.2, -0.15) is 13.2 Å². The van der Waals surface area contributed by atoms with Crippen LogP contribution in [-0.2, 0) is 6.18 Å². The third-order valence-corrected chi connectivity index (χ3v) is 5.13. The van der Waals surface area contributed by atoms with E-state index in [9.17, 15) is 31.5 Å². The van der Waals surface area contributed by atoms with Crippen molar-refractivity contribution in [2.24, 2.45) is 0 Å². The lowest BCUT2D eigenvalue weighted by Crippen LogP contribution is -2.51. The SMILES string of the molecule is CCN(NC(=O)c1cc(OC)no1)C(=O)N[C@H](C)c1ccc(-c2cccc(F)c2C(F)(F)F)cc1F. The van der Waals surface area contributed by atoms with Crippen molar-refractivity contribution < 1.29 is 40.8 Å². The molecule has 3 rings (SSSR count). The maximum absolute atomic E-state index is 14.9. The number of carbonyl (C=O) groups is 2. The number of urea groups is 1. The minimum atomic E-state index is -4.98. The van der Waals surface area contributed by atoms with Gasteiger partial charge in [-0.15, -0.1) is 0 Å². The maximum Gasteiger partial charge on any atom is 0.419 e. The first-order valence-electron chi connectivity index (χ1n) is 10.5. The van der Waals surface area contributed by atoms with Crippen molar-refractivity contribution in [2.45, 2.75) is 26.1 Å². The molecule has 3 aromatic rings. The van der Waals surface area contributed by atoms with Gasteiger partial charge in [0.15, 0.2) is 0 Å². The Balaban J connectivity index is 1.76. The second-order valence-electron chi connectivity index (χ2n) is 7.49. The van der Waals surface area contributed by atoms with Crippen molar-refractivity contribution in [1.82, 2.24) is 20.9 Å². The van der Waals surface area contributed by atoms with Crippen LogP contribution in [-0.4, -0.2) is 35.8 Å². The number of nitrogens with one attached hydrogen (secondary N) is 2. The number of rotatable bonds is 6. The summed E-state index contributed by atoms with van der Waals surface area (Å²) in [5, 5.41) is 6.87. The van der Waals surface area contributed by atoms with E-state index in [0.717, 1.165) is 23.2 Å². The minimum absolute atomic E-state index is 0.0246. The molecule has 1 atom stereocenters. The topological polar surface area (TPSA) is 96.7 Å². The minimum Gasteiger partial charge on any atom is -0.479 e. The molecule has 0 aliphatic heterocycles. The Morgan fingerprint density at radius 1 is 1.14 bits per heavy atom. The van der Waals surface area contributed by atoms with Crippen LogP contribution in [0, 0.1) is 11.6 Å². The predicted molar refractivity (Wildman–Crippen MR) is 117 cm³/mol. The van der Waals surface area contributed by atoms with Gasteiger partial charge in [-0.3, -0.25) is 10.2 Å². The number of alkyl halides is 3. The van der Waals surface area contributed by atoms with Gasteiger partial charge in [-0.25, -0.2) is 18.6 Å². The summed E-state index contributed by atoms with van der Waals surface area (Å²) in [4.78, 5) is 24.9. The van der Waals surface area contributed by atoms with Gasteiger partial charge in [-0.05, 0) is 42.3 Å². The molecule has 1 aromatic heterocycles. The lowest BCUT2D eigenvalue weighted by Gasteiger charge is -2.24. The second kappa shape index (κ2) is 10.6. The van der Waals surface area contributed by atoms with Crippen LogP contribution in [0.15, 0.2) is 47.0 Å². The Labute approximate surface area is 202 Å². The molecule has 0 unspecified atom stereocenters. The van der Waals surface area contributed by atoms with E-state index in [4.69, 9.17) is 9.26 Å². The Bertz CT molecular complexity index is 1260. The molecule has 2 N–H and O–H groups in total. The molecule has 2 aromatic carbocycles. The standard InChI is InChI=1S/C23H21F5N4O4/c1-4-32(30-21(33)18-11-19(35-3)31-36-18)22(34)29-12(2)14-9-8-13(10-17(14)25)15-6-5-7-16(24)20(15)23(26,27)28/h5-12H,4H2,1-3H3,(H,29,34)(H,30,33)/t12-/m1/s1. The van der Waals surface area contributed by atoms with Gasteiger partial charge in [0.05, 0.1) is 24.8 Å². The number of halogens is 5. The Hall–Kier alpha value is -4.16. The van der Waals surface area contributed by atoms with Gasteiger partial charge in [0.1, 0.15) is 11.6 Å². The molecule has 192 valence electrons. The largest absolute Gasteiger partial charge is 0.479 e. The number of hydrogen-bond acceptors (Lipinski definition) is 5. The molecule has 0 aliphatic carbocycles. The van der Waals surface area contributed by atoms with Crippen LogP contribution >= 0.6 is 0 Å². The molecule has 0 aliphatic rings. The first kappa shape index (κ1) is 26.4. The van der Waals surface area contributed by atoms with E-state index in [1.165, 1.54) is 32.2 Å². The van der Waals surface area contributed by atoms with Crippen molar-refractivity contribution in [3.05, 3.63) is 71.0 Å². The van der Waals surface area contributed by atoms with E-state index in [0.29, 0.717) is 6.07 Å². The maximum atomic E-state index is 14.9. The fraction of sp³-hybridized carbons (Fsp3) is 0.261. The molecule has 0 fully saturated rings. The third kappa shape index (κ3) is 5.73. The number of ether oxygens (including phenoxy) is 1. The van der Waals surface area contributed by atoms with Crippen LogP contribution in [0.1, 0.15) is 41.6 Å². The van der Waals surface area contributed by atoms with Crippen LogP contribution in [0.25, 0.3) is 11.1 Å². The second-order valence-corrected chi connectivity index (χ2v) is 7.49. The van der Waals surface area contributed by atoms with Gasteiger partial charge in [0, 0.05) is 12.1 Å². The molecule has 13 heteroatoms. The van der Waals surface area contributed by atoms with Gasteiger partial charge in [0.2, 0.25) is 5.76 Å². The highest BCUT2D eigenvalue weighted by Gasteiger charge is 2.37.